The van der Waals surface area contributed by atoms with Gasteiger partial charge in [-0.05, 0) is 23.8 Å². The maximum absolute atomic E-state index is 13.2. The number of carboxylic acids is 1. The Hall–Kier alpha value is -2.49. The van der Waals surface area contributed by atoms with Crippen molar-refractivity contribution in [2.24, 2.45) is 0 Å². The number of hydrogen-bond acceptors (Lipinski definition) is 3. The quantitative estimate of drug-likeness (QED) is 0.841. The lowest BCUT2D eigenvalue weighted by atomic mass is 10.1. The van der Waals surface area contributed by atoms with E-state index >= 15 is 0 Å². The highest BCUT2D eigenvalue weighted by Gasteiger charge is 2.13. The van der Waals surface area contributed by atoms with Gasteiger partial charge in [0.1, 0.15) is 0 Å². The summed E-state index contributed by atoms with van der Waals surface area (Å²) in [6.07, 6.45) is 1.68. The van der Waals surface area contributed by atoms with Crippen LogP contribution in [-0.4, -0.2) is 17.7 Å². The van der Waals surface area contributed by atoms with E-state index in [1.807, 2.05) is 0 Å². The number of aliphatic carboxylic acids is 1. The molecule has 0 spiro atoms. The van der Waals surface area contributed by atoms with Crippen LogP contribution in [0.1, 0.15) is 11.1 Å². The van der Waals surface area contributed by atoms with Gasteiger partial charge >= 0.3 is 12.6 Å². The summed E-state index contributed by atoms with van der Waals surface area (Å²) < 4.78 is 41.0. The predicted octanol–water partition coefficient (Wildman–Crippen LogP) is 2.40. The predicted molar refractivity (Wildman–Crippen MR) is 54.4 cm³/mol. The van der Waals surface area contributed by atoms with Crippen molar-refractivity contribution < 1.29 is 27.8 Å². The van der Waals surface area contributed by atoms with Crippen molar-refractivity contribution in [3.05, 3.63) is 35.2 Å². The molecule has 0 radical (unpaired) electrons. The van der Waals surface area contributed by atoms with E-state index in [1.54, 1.807) is 6.07 Å². The molecule has 0 aliphatic heterocycles. The van der Waals surface area contributed by atoms with E-state index in [0.29, 0.717) is 12.1 Å². The molecule has 18 heavy (non-hydrogen) atoms. The van der Waals surface area contributed by atoms with Crippen molar-refractivity contribution in [1.29, 1.82) is 5.26 Å². The number of hydrogen-bond donors (Lipinski definition) is 1. The van der Waals surface area contributed by atoms with E-state index in [-0.39, 0.29) is 11.1 Å². The molecule has 94 valence electrons. The van der Waals surface area contributed by atoms with Crippen LogP contribution in [0.4, 0.5) is 13.2 Å². The summed E-state index contributed by atoms with van der Waals surface area (Å²) in [4.78, 5) is 10.3. The molecule has 0 fully saturated rings. The number of ether oxygens (including phenoxy) is 1. The minimum absolute atomic E-state index is 0.0306. The van der Waals surface area contributed by atoms with Gasteiger partial charge in [-0.25, -0.2) is 9.18 Å². The molecule has 0 atom stereocenters. The molecule has 7 heteroatoms. The molecule has 0 bridgehead atoms. The number of carboxylic acid groups (broad SMARTS) is 1. The number of benzene rings is 1. The first-order valence-electron chi connectivity index (χ1n) is 4.53. The van der Waals surface area contributed by atoms with Crippen molar-refractivity contribution in [1.82, 2.24) is 0 Å². The number of nitriles is 1. The fraction of sp³-hybridized carbons (Fsp3) is 0.0909. The highest BCUT2D eigenvalue weighted by atomic mass is 19.3. The van der Waals surface area contributed by atoms with Crippen molar-refractivity contribution in [2.75, 3.05) is 0 Å². The Bertz CT molecular complexity index is 535. The van der Waals surface area contributed by atoms with Crippen LogP contribution in [0.3, 0.4) is 0 Å². The molecular formula is C11H6F3NO3. The van der Waals surface area contributed by atoms with Crippen molar-refractivity contribution in [3.63, 3.8) is 0 Å². The van der Waals surface area contributed by atoms with Gasteiger partial charge in [-0.15, -0.1) is 0 Å². The normalized spacial score (nSPS) is 10.6. The Morgan fingerprint density at radius 3 is 2.67 bits per heavy atom. The van der Waals surface area contributed by atoms with Crippen LogP contribution in [0.2, 0.25) is 0 Å². The summed E-state index contributed by atoms with van der Waals surface area (Å²) in [7, 11) is 0. The Morgan fingerprint density at radius 2 is 2.17 bits per heavy atom. The van der Waals surface area contributed by atoms with Crippen molar-refractivity contribution >= 4 is 12.0 Å². The van der Waals surface area contributed by atoms with Gasteiger partial charge in [0.2, 0.25) is 0 Å². The molecule has 0 heterocycles. The molecule has 0 saturated carbocycles. The van der Waals surface area contributed by atoms with Gasteiger partial charge in [0.05, 0.1) is 11.6 Å². The molecule has 1 N–H and O–H groups in total. The summed E-state index contributed by atoms with van der Waals surface area (Å²) in [6, 6.07) is 3.14. The number of carbonyl (C=O) groups is 1. The molecule has 0 aliphatic carbocycles. The number of nitrogens with zero attached hydrogens (tertiary/aromatic N) is 1. The first-order chi connectivity index (χ1) is 8.43. The molecule has 0 aliphatic rings. The fourth-order valence-electron chi connectivity index (χ4n) is 1.15. The monoisotopic (exact) mass is 257 g/mol. The third kappa shape index (κ3) is 3.52. The van der Waals surface area contributed by atoms with Crippen LogP contribution in [0.15, 0.2) is 18.2 Å². The van der Waals surface area contributed by atoms with Crippen LogP contribution >= 0.6 is 0 Å². The zero-order valence-electron chi connectivity index (χ0n) is 8.73. The fourth-order valence-corrected chi connectivity index (χ4v) is 1.15. The second-order valence-corrected chi connectivity index (χ2v) is 3.03. The summed E-state index contributed by atoms with van der Waals surface area (Å²) >= 11 is 0. The van der Waals surface area contributed by atoms with E-state index < -0.39 is 24.1 Å². The number of alkyl halides is 2. The standard InChI is InChI=1S/C11H6F3NO3/c12-8-3-7(5-15)6(1-2-10(16)17)4-9(8)18-11(13)14/h1-4,11H,(H,16,17)/b2-1+. The molecule has 0 aromatic heterocycles. The Morgan fingerprint density at radius 1 is 1.50 bits per heavy atom. The minimum Gasteiger partial charge on any atom is -0.478 e. The first-order valence-corrected chi connectivity index (χ1v) is 4.53. The van der Waals surface area contributed by atoms with Gasteiger partial charge in [-0.2, -0.15) is 14.0 Å². The Balaban J connectivity index is 3.22. The van der Waals surface area contributed by atoms with E-state index in [2.05, 4.69) is 4.74 Å². The largest absolute Gasteiger partial charge is 0.478 e. The topological polar surface area (TPSA) is 70.3 Å². The Labute approximate surface area is 99.5 Å². The lowest BCUT2D eigenvalue weighted by Crippen LogP contribution is -2.04. The Kier molecular flexibility index (Phi) is 4.32. The lowest BCUT2D eigenvalue weighted by Gasteiger charge is -2.07. The van der Waals surface area contributed by atoms with Crippen molar-refractivity contribution in [2.45, 2.75) is 6.61 Å². The maximum Gasteiger partial charge on any atom is 0.387 e. The first kappa shape index (κ1) is 13.6. The third-order valence-corrected chi connectivity index (χ3v) is 1.85. The summed E-state index contributed by atoms with van der Waals surface area (Å²) in [5, 5.41) is 17.1. The minimum atomic E-state index is -3.22. The third-order valence-electron chi connectivity index (χ3n) is 1.85. The second-order valence-electron chi connectivity index (χ2n) is 3.03. The van der Waals surface area contributed by atoms with Gasteiger partial charge in [0, 0.05) is 6.08 Å². The average Bonchev–Trinajstić information content (AvgIpc) is 2.28. The average molecular weight is 257 g/mol. The highest BCUT2D eigenvalue weighted by molar-refractivity contribution is 5.86. The number of halogens is 3. The molecular weight excluding hydrogens is 251 g/mol. The smallest absolute Gasteiger partial charge is 0.387 e. The van der Waals surface area contributed by atoms with E-state index in [9.17, 15) is 18.0 Å². The molecule has 4 nitrogen and oxygen atoms in total. The van der Waals surface area contributed by atoms with Crippen LogP contribution in [0.5, 0.6) is 5.75 Å². The molecule has 1 aromatic rings. The van der Waals surface area contributed by atoms with Crippen LogP contribution in [0, 0.1) is 17.1 Å². The molecule has 0 unspecified atom stereocenters. The van der Waals surface area contributed by atoms with Crippen LogP contribution in [0.25, 0.3) is 6.08 Å². The molecule has 0 saturated heterocycles. The lowest BCUT2D eigenvalue weighted by molar-refractivity contribution is -0.131. The zero-order chi connectivity index (χ0) is 13.7. The zero-order valence-corrected chi connectivity index (χ0v) is 8.73. The van der Waals surface area contributed by atoms with E-state index in [0.717, 1.165) is 12.1 Å². The van der Waals surface area contributed by atoms with Gasteiger partial charge < -0.3 is 9.84 Å². The van der Waals surface area contributed by atoms with Gasteiger partial charge in [-0.1, -0.05) is 0 Å². The summed E-state index contributed by atoms with van der Waals surface area (Å²) in [6.45, 7) is -3.22. The molecule has 1 rings (SSSR count). The maximum atomic E-state index is 13.2. The van der Waals surface area contributed by atoms with E-state index in [4.69, 9.17) is 10.4 Å². The second kappa shape index (κ2) is 5.72. The molecule has 0 amide bonds. The highest BCUT2D eigenvalue weighted by Crippen LogP contribution is 2.24. The van der Waals surface area contributed by atoms with Crippen molar-refractivity contribution in [3.8, 4) is 11.8 Å². The SMILES string of the molecule is N#Cc1cc(F)c(OC(F)F)cc1/C=C/C(=O)O. The van der Waals surface area contributed by atoms with Crippen LogP contribution in [-0.2, 0) is 4.79 Å². The van der Waals surface area contributed by atoms with Gasteiger partial charge in [-0.3, -0.25) is 0 Å². The molecule has 1 aromatic carbocycles. The van der Waals surface area contributed by atoms with Gasteiger partial charge in [0.25, 0.3) is 0 Å². The summed E-state index contributed by atoms with van der Waals surface area (Å²) in [5.74, 6) is -3.17. The number of rotatable bonds is 4. The van der Waals surface area contributed by atoms with Crippen LogP contribution < -0.4 is 4.74 Å². The summed E-state index contributed by atoms with van der Waals surface area (Å²) in [5.41, 5.74) is -0.219. The van der Waals surface area contributed by atoms with Gasteiger partial charge in [0.15, 0.2) is 11.6 Å². The van der Waals surface area contributed by atoms with E-state index in [1.165, 1.54) is 0 Å².